The van der Waals surface area contributed by atoms with E-state index in [1.54, 1.807) is 11.8 Å². The fraction of sp³-hybridized carbons (Fsp3) is 0.714. The minimum Gasteiger partial charge on any atom is -0.353 e. The summed E-state index contributed by atoms with van der Waals surface area (Å²) in [4.78, 5) is 11.5. The summed E-state index contributed by atoms with van der Waals surface area (Å²) in [7, 11) is 0. The van der Waals surface area contributed by atoms with E-state index in [2.05, 4.69) is 34.1 Å². The van der Waals surface area contributed by atoms with Crippen molar-refractivity contribution in [3.05, 3.63) is 6.07 Å². The Morgan fingerprint density at radius 3 is 2.65 bits per heavy atom. The molecule has 1 fully saturated rings. The Balaban J connectivity index is 2.30. The summed E-state index contributed by atoms with van der Waals surface area (Å²) in [6, 6.07) is 2.56. The second kappa shape index (κ2) is 7.13. The van der Waals surface area contributed by atoms with E-state index in [9.17, 15) is 0 Å². The predicted octanol–water partition coefficient (Wildman–Crippen LogP) is 2.89. The van der Waals surface area contributed by atoms with Gasteiger partial charge in [0.25, 0.3) is 0 Å². The maximum absolute atomic E-state index is 5.53. The van der Waals surface area contributed by atoms with Crippen LogP contribution in [0.5, 0.6) is 0 Å². The number of aromatic nitrogens is 2. The van der Waals surface area contributed by atoms with Gasteiger partial charge in [-0.25, -0.2) is 15.8 Å². The Kier molecular flexibility index (Phi) is 5.48. The Morgan fingerprint density at radius 1 is 1.40 bits per heavy atom. The lowest BCUT2D eigenvalue weighted by Gasteiger charge is -2.32. The molecular weight excluding hydrogens is 270 g/mol. The molecule has 1 aliphatic rings. The quantitative estimate of drug-likeness (QED) is 0.364. The first-order valence-electron chi connectivity index (χ1n) is 7.30. The first-order valence-corrected chi connectivity index (χ1v) is 8.53. The minimum absolute atomic E-state index is 0.604. The van der Waals surface area contributed by atoms with Gasteiger partial charge in [0.05, 0.1) is 0 Å². The molecule has 3 N–H and O–H groups in total. The van der Waals surface area contributed by atoms with Crippen molar-refractivity contribution >= 4 is 23.4 Å². The molecule has 0 spiro atoms. The third-order valence-corrected chi connectivity index (χ3v) is 4.19. The number of anilines is 2. The second-order valence-corrected chi connectivity index (χ2v) is 6.50. The number of nitrogens with zero attached hydrogens (tertiary/aromatic N) is 3. The molecule has 1 aromatic rings. The van der Waals surface area contributed by atoms with Crippen molar-refractivity contribution in [1.29, 1.82) is 0 Å². The van der Waals surface area contributed by atoms with Gasteiger partial charge in [-0.1, -0.05) is 38.5 Å². The van der Waals surface area contributed by atoms with E-state index >= 15 is 0 Å². The predicted molar refractivity (Wildman–Crippen MR) is 86.1 cm³/mol. The number of hydrogen-bond donors (Lipinski definition) is 2. The summed E-state index contributed by atoms with van der Waals surface area (Å²) < 4.78 is 0. The average molecular weight is 295 g/mol. The van der Waals surface area contributed by atoms with Gasteiger partial charge in [0.15, 0.2) is 5.16 Å². The number of nitrogens with two attached hydrogens (primary N) is 1. The molecule has 5 nitrogen and oxygen atoms in total. The van der Waals surface area contributed by atoms with E-state index < -0.39 is 0 Å². The first kappa shape index (κ1) is 15.4. The van der Waals surface area contributed by atoms with Gasteiger partial charge < -0.3 is 10.3 Å². The van der Waals surface area contributed by atoms with E-state index in [-0.39, 0.29) is 0 Å². The largest absolute Gasteiger partial charge is 0.353 e. The topological polar surface area (TPSA) is 67.1 Å². The molecule has 20 heavy (non-hydrogen) atoms. The lowest BCUT2D eigenvalue weighted by Crippen LogP contribution is -2.37. The van der Waals surface area contributed by atoms with E-state index in [1.165, 1.54) is 25.7 Å². The van der Waals surface area contributed by atoms with Crippen molar-refractivity contribution in [3.8, 4) is 0 Å². The fourth-order valence-electron chi connectivity index (χ4n) is 2.76. The van der Waals surface area contributed by atoms with E-state index in [0.29, 0.717) is 17.8 Å². The molecular formula is C14H25N5S. The molecule has 2 rings (SSSR count). The molecule has 112 valence electrons. The number of nitrogens with one attached hydrogen (secondary N) is 1. The van der Waals surface area contributed by atoms with Gasteiger partial charge in [0, 0.05) is 18.7 Å². The number of hydrogen-bond acceptors (Lipinski definition) is 6. The average Bonchev–Trinajstić information content (AvgIpc) is 2.97. The van der Waals surface area contributed by atoms with Crippen LogP contribution >= 0.6 is 11.8 Å². The van der Waals surface area contributed by atoms with Gasteiger partial charge in [0.2, 0.25) is 0 Å². The highest BCUT2D eigenvalue weighted by Gasteiger charge is 2.25. The normalized spacial score (nSPS) is 15.8. The first-order chi connectivity index (χ1) is 9.63. The Labute approximate surface area is 125 Å². The van der Waals surface area contributed by atoms with Crippen molar-refractivity contribution < 1.29 is 0 Å². The summed E-state index contributed by atoms with van der Waals surface area (Å²) in [5.74, 6) is 7.82. The van der Waals surface area contributed by atoms with Crippen LogP contribution in [0.1, 0.15) is 39.5 Å². The SMILES string of the molecule is CSc1nc(NN)cc(N(CC(C)C)C2CCCC2)n1. The number of nitrogen functional groups attached to an aromatic ring is 1. The van der Waals surface area contributed by atoms with Crippen LogP contribution in [0, 0.1) is 5.92 Å². The Morgan fingerprint density at radius 2 is 2.10 bits per heavy atom. The zero-order chi connectivity index (χ0) is 14.5. The Hall–Kier alpha value is -1.01. The molecule has 0 amide bonds. The van der Waals surface area contributed by atoms with Crippen molar-refractivity contribution in [2.24, 2.45) is 11.8 Å². The zero-order valence-electron chi connectivity index (χ0n) is 12.6. The molecule has 0 atom stereocenters. The van der Waals surface area contributed by atoms with Crippen LogP contribution in [0.3, 0.4) is 0 Å². The third-order valence-electron chi connectivity index (χ3n) is 3.64. The van der Waals surface area contributed by atoms with Crippen LogP contribution in [-0.2, 0) is 0 Å². The molecule has 1 saturated carbocycles. The van der Waals surface area contributed by atoms with Crippen LogP contribution in [-0.4, -0.2) is 28.8 Å². The fourth-order valence-corrected chi connectivity index (χ4v) is 3.14. The van der Waals surface area contributed by atoms with E-state index in [4.69, 9.17) is 5.84 Å². The molecule has 0 aromatic carbocycles. The van der Waals surface area contributed by atoms with E-state index in [1.807, 2.05) is 12.3 Å². The maximum atomic E-state index is 5.53. The minimum atomic E-state index is 0.604. The lowest BCUT2D eigenvalue weighted by atomic mass is 10.1. The van der Waals surface area contributed by atoms with Gasteiger partial charge in [-0.2, -0.15) is 0 Å². The lowest BCUT2D eigenvalue weighted by molar-refractivity contribution is 0.529. The molecule has 0 aliphatic heterocycles. The van der Waals surface area contributed by atoms with Crippen molar-refractivity contribution in [1.82, 2.24) is 9.97 Å². The van der Waals surface area contributed by atoms with Crippen molar-refractivity contribution in [3.63, 3.8) is 0 Å². The van der Waals surface area contributed by atoms with Gasteiger partial charge >= 0.3 is 0 Å². The molecule has 0 radical (unpaired) electrons. The molecule has 1 aromatic heterocycles. The van der Waals surface area contributed by atoms with Crippen LogP contribution in [0.2, 0.25) is 0 Å². The van der Waals surface area contributed by atoms with Crippen molar-refractivity contribution in [2.45, 2.75) is 50.7 Å². The number of rotatable bonds is 6. The summed E-state index contributed by atoms with van der Waals surface area (Å²) in [6.07, 6.45) is 7.15. The van der Waals surface area contributed by atoms with Gasteiger partial charge in [-0.05, 0) is 25.0 Å². The summed E-state index contributed by atoms with van der Waals surface area (Å²) in [5, 5.41) is 0.766. The molecule has 0 saturated heterocycles. The van der Waals surface area contributed by atoms with Crippen LogP contribution in [0.4, 0.5) is 11.6 Å². The Bertz CT molecular complexity index is 409. The summed E-state index contributed by atoms with van der Waals surface area (Å²) in [5.41, 5.74) is 2.65. The van der Waals surface area contributed by atoms with Crippen LogP contribution in [0.15, 0.2) is 11.2 Å². The highest BCUT2D eigenvalue weighted by atomic mass is 32.2. The van der Waals surface area contributed by atoms with E-state index in [0.717, 1.165) is 17.5 Å². The number of hydrazine groups is 1. The maximum Gasteiger partial charge on any atom is 0.191 e. The standard InChI is InChI=1S/C14H25N5S/c1-10(2)9-19(11-6-4-5-7-11)13-8-12(18-15)16-14(17-13)20-3/h8,10-11H,4-7,9,15H2,1-3H3,(H,16,17,18). The number of thioether (sulfide) groups is 1. The van der Waals surface area contributed by atoms with Crippen LogP contribution < -0.4 is 16.2 Å². The molecule has 0 unspecified atom stereocenters. The van der Waals surface area contributed by atoms with Crippen LogP contribution in [0.25, 0.3) is 0 Å². The smallest absolute Gasteiger partial charge is 0.191 e. The zero-order valence-corrected chi connectivity index (χ0v) is 13.4. The molecule has 0 bridgehead atoms. The molecule has 1 aliphatic carbocycles. The second-order valence-electron chi connectivity index (χ2n) is 5.73. The molecule has 1 heterocycles. The van der Waals surface area contributed by atoms with Gasteiger partial charge in [-0.3, -0.25) is 0 Å². The summed E-state index contributed by atoms with van der Waals surface area (Å²) in [6.45, 7) is 5.53. The van der Waals surface area contributed by atoms with Crippen molar-refractivity contribution in [2.75, 3.05) is 23.1 Å². The summed E-state index contributed by atoms with van der Waals surface area (Å²) >= 11 is 1.55. The highest BCUT2D eigenvalue weighted by molar-refractivity contribution is 7.98. The third kappa shape index (κ3) is 3.76. The van der Waals surface area contributed by atoms with Gasteiger partial charge in [-0.15, -0.1) is 0 Å². The van der Waals surface area contributed by atoms with Gasteiger partial charge in [0.1, 0.15) is 11.6 Å². The monoisotopic (exact) mass is 295 g/mol. The molecule has 6 heteroatoms. The highest BCUT2D eigenvalue weighted by Crippen LogP contribution is 2.29.